The first-order chi connectivity index (χ1) is 11.4. The van der Waals surface area contributed by atoms with Crippen LogP contribution in [0.3, 0.4) is 0 Å². The first-order valence-corrected chi connectivity index (χ1v) is 7.99. The second-order valence-corrected chi connectivity index (χ2v) is 6.20. The van der Waals surface area contributed by atoms with Gasteiger partial charge < -0.3 is 4.57 Å². The Balaban J connectivity index is 1.49. The van der Waals surface area contributed by atoms with Gasteiger partial charge in [0.15, 0.2) is 0 Å². The van der Waals surface area contributed by atoms with Crippen LogP contribution in [-0.2, 0) is 26.3 Å². The van der Waals surface area contributed by atoms with Crippen molar-refractivity contribution in [2.45, 2.75) is 19.3 Å². The van der Waals surface area contributed by atoms with Gasteiger partial charge in [0.2, 0.25) is 0 Å². The maximum Gasteiger partial charge on any atom is 0.416 e. The van der Waals surface area contributed by atoms with Crippen LogP contribution in [0, 0.1) is 0 Å². The zero-order valence-corrected chi connectivity index (χ0v) is 13.6. The van der Waals surface area contributed by atoms with Gasteiger partial charge >= 0.3 is 6.18 Å². The molecule has 1 fully saturated rings. The van der Waals surface area contributed by atoms with Crippen LogP contribution < -0.4 is 0 Å². The van der Waals surface area contributed by atoms with Gasteiger partial charge in [-0.1, -0.05) is 12.1 Å². The van der Waals surface area contributed by atoms with Crippen molar-refractivity contribution in [3.63, 3.8) is 0 Å². The molecule has 0 N–H and O–H groups in total. The standard InChI is InChI=1S/C17H21F3N4/c1-22-7-6-21-16(22)13-24-10-8-23(9-11-24)12-14-2-4-15(5-3-14)17(18,19)20/h2-7H,8-13H2,1H3. The molecular formula is C17H21F3N4. The lowest BCUT2D eigenvalue weighted by Crippen LogP contribution is -2.45. The molecule has 1 aromatic heterocycles. The van der Waals surface area contributed by atoms with E-state index in [0.29, 0.717) is 6.54 Å². The van der Waals surface area contributed by atoms with Crippen molar-refractivity contribution in [1.29, 1.82) is 0 Å². The van der Waals surface area contributed by atoms with Crippen molar-refractivity contribution in [3.05, 3.63) is 53.6 Å². The van der Waals surface area contributed by atoms with Gasteiger partial charge in [-0.15, -0.1) is 0 Å². The van der Waals surface area contributed by atoms with Gasteiger partial charge in [0.25, 0.3) is 0 Å². The molecule has 0 spiro atoms. The Morgan fingerprint density at radius 3 is 2.04 bits per heavy atom. The van der Waals surface area contributed by atoms with E-state index in [1.54, 1.807) is 18.3 Å². The Labute approximate surface area is 139 Å². The molecule has 0 atom stereocenters. The average molecular weight is 338 g/mol. The van der Waals surface area contributed by atoms with E-state index in [2.05, 4.69) is 14.8 Å². The van der Waals surface area contributed by atoms with Crippen molar-refractivity contribution >= 4 is 0 Å². The normalized spacial score (nSPS) is 17.3. The second kappa shape index (κ2) is 6.94. The molecule has 0 aliphatic carbocycles. The Kier molecular flexibility index (Phi) is 4.91. The minimum absolute atomic E-state index is 0.592. The number of benzene rings is 1. The van der Waals surface area contributed by atoms with E-state index in [4.69, 9.17) is 0 Å². The van der Waals surface area contributed by atoms with E-state index < -0.39 is 11.7 Å². The summed E-state index contributed by atoms with van der Waals surface area (Å²) < 4.78 is 39.8. The van der Waals surface area contributed by atoms with Crippen LogP contribution in [0.2, 0.25) is 0 Å². The lowest BCUT2D eigenvalue weighted by Gasteiger charge is -2.34. The summed E-state index contributed by atoms with van der Waals surface area (Å²) in [4.78, 5) is 8.97. The van der Waals surface area contributed by atoms with Crippen molar-refractivity contribution < 1.29 is 13.2 Å². The van der Waals surface area contributed by atoms with Crippen LogP contribution in [-0.4, -0.2) is 45.5 Å². The highest BCUT2D eigenvalue weighted by Gasteiger charge is 2.30. The van der Waals surface area contributed by atoms with Gasteiger partial charge in [0.05, 0.1) is 12.1 Å². The van der Waals surface area contributed by atoms with Crippen LogP contribution in [0.4, 0.5) is 13.2 Å². The van der Waals surface area contributed by atoms with E-state index in [9.17, 15) is 13.2 Å². The van der Waals surface area contributed by atoms with E-state index >= 15 is 0 Å². The molecule has 0 saturated carbocycles. The highest BCUT2D eigenvalue weighted by Crippen LogP contribution is 2.29. The maximum atomic E-state index is 12.6. The Morgan fingerprint density at radius 2 is 1.54 bits per heavy atom. The monoisotopic (exact) mass is 338 g/mol. The van der Waals surface area contributed by atoms with Crippen LogP contribution in [0.15, 0.2) is 36.7 Å². The predicted octanol–water partition coefficient (Wildman–Crippen LogP) is 2.76. The van der Waals surface area contributed by atoms with Crippen molar-refractivity contribution in [2.24, 2.45) is 7.05 Å². The molecule has 3 rings (SSSR count). The minimum Gasteiger partial charge on any atom is -0.337 e. The highest BCUT2D eigenvalue weighted by atomic mass is 19.4. The molecule has 1 aromatic carbocycles. The highest BCUT2D eigenvalue weighted by molar-refractivity contribution is 5.24. The lowest BCUT2D eigenvalue weighted by molar-refractivity contribution is -0.137. The van der Waals surface area contributed by atoms with E-state index in [-0.39, 0.29) is 0 Å². The molecule has 1 aliphatic heterocycles. The van der Waals surface area contributed by atoms with E-state index in [1.807, 2.05) is 17.8 Å². The summed E-state index contributed by atoms with van der Waals surface area (Å²) in [6, 6.07) is 5.46. The number of halogens is 3. The zero-order valence-electron chi connectivity index (χ0n) is 13.6. The average Bonchev–Trinajstić information content (AvgIpc) is 2.94. The molecule has 2 heterocycles. The summed E-state index contributed by atoms with van der Waals surface area (Å²) in [6.07, 6.45) is -0.526. The fourth-order valence-corrected chi connectivity index (χ4v) is 2.91. The molecule has 0 unspecified atom stereocenters. The van der Waals surface area contributed by atoms with Crippen molar-refractivity contribution in [2.75, 3.05) is 26.2 Å². The summed E-state index contributed by atoms with van der Waals surface area (Å²) in [5.74, 6) is 1.05. The van der Waals surface area contributed by atoms with Crippen LogP contribution in [0.25, 0.3) is 0 Å². The van der Waals surface area contributed by atoms with Gasteiger partial charge in [-0.25, -0.2) is 4.98 Å². The van der Waals surface area contributed by atoms with E-state index in [0.717, 1.165) is 56.2 Å². The summed E-state index contributed by atoms with van der Waals surface area (Å²) in [5, 5.41) is 0. The third kappa shape index (κ3) is 4.15. The summed E-state index contributed by atoms with van der Waals surface area (Å²) >= 11 is 0. The third-order valence-electron chi connectivity index (χ3n) is 4.44. The van der Waals surface area contributed by atoms with E-state index in [1.165, 1.54) is 0 Å². The minimum atomic E-state index is -4.27. The quantitative estimate of drug-likeness (QED) is 0.857. The Morgan fingerprint density at radius 1 is 0.958 bits per heavy atom. The number of rotatable bonds is 4. The number of aryl methyl sites for hydroxylation is 1. The number of aromatic nitrogens is 2. The number of alkyl halides is 3. The molecule has 0 amide bonds. The lowest BCUT2D eigenvalue weighted by atomic mass is 10.1. The predicted molar refractivity (Wildman–Crippen MR) is 85.2 cm³/mol. The van der Waals surface area contributed by atoms with Crippen LogP contribution in [0.1, 0.15) is 17.0 Å². The largest absolute Gasteiger partial charge is 0.416 e. The maximum absolute atomic E-state index is 12.6. The van der Waals surface area contributed by atoms with Gasteiger partial charge in [0.1, 0.15) is 5.82 Å². The summed E-state index contributed by atoms with van der Waals surface area (Å²) in [6.45, 7) is 5.21. The molecular weight excluding hydrogens is 317 g/mol. The SMILES string of the molecule is Cn1ccnc1CN1CCN(Cc2ccc(C(F)(F)F)cc2)CC1. The molecule has 2 aromatic rings. The molecule has 1 aliphatic rings. The Bertz CT molecular complexity index is 655. The number of imidazole rings is 1. The second-order valence-electron chi connectivity index (χ2n) is 6.20. The summed E-state index contributed by atoms with van der Waals surface area (Å²) in [5.41, 5.74) is 0.326. The van der Waals surface area contributed by atoms with Gasteiger partial charge in [0, 0.05) is 52.2 Å². The fraction of sp³-hybridized carbons (Fsp3) is 0.471. The van der Waals surface area contributed by atoms with Crippen LogP contribution >= 0.6 is 0 Å². The molecule has 4 nitrogen and oxygen atoms in total. The molecule has 24 heavy (non-hydrogen) atoms. The number of hydrogen-bond donors (Lipinski definition) is 0. The van der Waals surface area contributed by atoms with Crippen molar-refractivity contribution in [1.82, 2.24) is 19.4 Å². The first-order valence-electron chi connectivity index (χ1n) is 7.99. The molecule has 1 saturated heterocycles. The zero-order chi connectivity index (χ0) is 17.2. The molecule has 7 heteroatoms. The molecule has 0 bridgehead atoms. The number of piperazine rings is 1. The first kappa shape index (κ1) is 17.0. The van der Waals surface area contributed by atoms with Gasteiger partial charge in [-0.3, -0.25) is 9.80 Å². The summed E-state index contributed by atoms with van der Waals surface area (Å²) in [7, 11) is 1.99. The topological polar surface area (TPSA) is 24.3 Å². The smallest absolute Gasteiger partial charge is 0.337 e. The van der Waals surface area contributed by atoms with Crippen LogP contribution in [0.5, 0.6) is 0 Å². The van der Waals surface area contributed by atoms with Crippen molar-refractivity contribution in [3.8, 4) is 0 Å². The number of hydrogen-bond acceptors (Lipinski definition) is 3. The molecule has 130 valence electrons. The van der Waals surface area contributed by atoms with Gasteiger partial charge in [-0.05, 0) is 17.7 Å². The Hall–Kier alpha value is -1.86. The molecule has 0 radical (unpaired) electrons. The third-order valence-corrected chi connectivity index (χ3v) is 4.44. The number of nitrogens with zero attached hydrogens (tertiary/aromatic N) is 4. The fourth-order valence-electron chi connectivity index (χ4n) is 2.91. The van der Waals surface area contributed by atoms with Gasteiger partial charge in [-0.2, -0.15) is 13.2 Å².